The second kappa shape index (κ2) is 10.6. The van der Waals surface area contributed by atoms with Gasteiger partial charge in [0.05, 0.1) is 13.2 Å². The van der Waals surface area contributed by atoms with E-state index in [1.165, 1.54) is 17.4 Å². The molecule has 2 aromatic rings. The van der Waals surface area contributed by atoms with Crippen LogP contribution in [0.25, 0.3) is 0 Å². The van der Waals surface area contributed by atoms with Gasteiger partial charge in [-0.05, 0) is 51.2 Å². The van der Waals surface area contributed by atoms with Gasteiger partial charge in [0.15, 0.2) is 0 Å². The van der Waals surface area contributed by atoms with Crippen LogP contribution in [0.2, 0.25) is 10.0 Å². The number of hydrogen-bond acceptors (Lipinski definition) is 4. The van der Waals surface area contributed by atoms with Crippen molar-refractivity contribution in [2.75, 3.05) is 27.2 Å². The van der Waals surface area contributed by atoms with Crippen molar-refractivity contribution in [2.45, 2.75) is 32.2 Å². The topological polar surface area (TPSA) is 47.4 Å². The molecule has 0 fully saturated rings. The van der Waals surface area contributed by atoms with Gasteiger partial charge in [0, 0.05) is 22.3 Å². The first-order valence-corrected chi connectivity index (χ1v) is 9.50. The van der Waals surface area contributed by atoms with Crippen molar-refractivity contribution in [1.29, 1.82) is 0 Å². The van der Waals surface area contributed by atoms with E-state index >= 15 is 0 Å². The predicted octanol–water partition coefficient (Wildman–Crippen LogP) is 4.10. The molecule has 142 valence electrons. The molecule has 1 heterocycles. The van der Waals surface area contributed by atoms with Crippen molar-refractivity contribution in [2.24, 2.45) is 0 Å². The van der Waals surface area contributed by atoms with Crippen molar-refractivity contribution in [3.8, 4) is 5.88 Å². The monoisotopic (exact) mass is 397 g/mol. The van der Waals surface area contributed by atoms with E-state index in [1.54, 1.807) is 30.5 Å². The summed E-state index contributed by atoms with van der Waals surface area (Å²) >= 11 is 12.0. The Kier molecular flexibility index (Phi) is 8.42. The Hall–Kier alpha value is -1.56. The fraction of sp³-hybridized carbons (Fsp3) is 0.474. The molecule has 0 N–H and O–H groups in total. The summed E-state index contributed by atoms with van der Waals surface area (Å²) in [5.74, 6) is 0.363. The van der Waals surface area contributed by atoms with E-state index in [4.69, 9.17) is 27.9 Å². The Bertz CT molecular complexity index is 763. The Morgan fingerprint density at radius 2 is 1.88 bits per heavy atom. The third-order valence-electron chi connectivity index (χ3n) is 3.95. The van der Waals surface area contributed by atoms with Gasteiger partial charge in [-0.3, -0.25) is 4.57 Å². The minimum absolute atomic E-state index is 0.341. The average molecular weight is 398 g/mol. The quantitative estimate of drug-likeness (QED) is 0.566. The summed E-state index contributed by atoms with van der Waals surface area (Å²) in [7, 11) is 4.16. The van der Waals surface area contributed by atoms with E-state index in [1.807, 2.05) is 0 Å². The van der Waals surface area contributed by atoms with Gasteiger partial charge in [0.25, 0.3) is 0 Å². The lowest BCUT2D eigenvalue weighted by Gasteiger charge is -2.10. The van der Waals surface area contributed by atoms with Crippen molar-refractivity contribution < 1.29 is 4.74 Å². The molecular formula is C19H25Cl2N3O2. The molecule has 0 aliphatic heterocycles. The first kappa shape index (κ1) is 20.7. The molecule has 0 bridgehead atoms. The number of rotatable bonds is 10. The van der Waals surface area contributed by atoms with Gasteiger partial charge in [0.1, 0.15) is 0 Å². The molecule has 0 amide bonds. The maximum Gasteiger partial charge on any atom is 0.351 e. The molecule has 0 spiro atoms. The van der Waals surface area contributed by atoms with Crippen LogP contribution in [-0.4, -0.2) is 41.7 Å². The van der Waals surface area contributed by atoms with E-state index < -0.39 is 0 Å². The number of aromatic nitrogens is 2. The molecule has 0 unspecified atom stereocenters. The van der Waals surface area contributed by atoms with Crippen molar-refractivity contribution in [3.05, 3.63) is 56.6 Å². The number of benzene rings is 1. The third kappa shape index (κ3) is 6.98. The molecule has 0 aliphatic carbocycles. The number of unbranched alkanes of at least 4 members (excludes halogenated alkanes) is 3. The van der Waals surface area contributed by atoms with E-state index in [2.05, 4.69) is 24.0 Å². The Morgan fingerprint density at radius 1 is 1.12 bits per heavy atom. The van der Waals surface area contributed by atoms with Gasteiger partial charge < -0.3 is 9.64 Å². The molecule has 1 aromatic heterocycles. The molecule has 0 atom stereocenters. The molecule has 0 saturated carbocycles. The predicted molar refractivity (Wildman–Crippen MR) is 107 cm³/mol. The number of nitrogens with zero attached hydrogens (tertiary/aromatic N) is 3. The molecule has 0 radical (unpaired) electrons. The van der Waals surface area contributed by atoms with Gasteiger partial charge >= 0.3 is 5.69 Å². The summed E-state index contributed by atoms with van der Waals surface area (Å²) in [6.07, 6.45) is 6.11. The standard InChI is InChI=1S/C19H25Cl2N3O2/c1-23(2)10-5-3-4-6-12-26-18-9-11-24(19(25)22-18)14-15-7-8-16(20)13-17(15)21/h7-9,11,13H,3-6,10,12,14H2,1-2H3. The molecule has 26 heavy (non-hydrogen) atoms. The highest BCUT2D eigenvalue weighted by atomic mass is 35.5. The highest BCUT2D eigenvalue weighted by Gasteiger charge is 2.06. The van der Waals surface area contributed by atoms with Crippen molar-refractivity contribution in [3.63, 3.8) is 0 Å². The largest absolute Gasteiger partial charge is 0.478 e. The zero-order valence-corrected chi connectivity index (χ0v) is 16.8. The van der Waals surface area contributed by atoms with Crippen LogP contribution in [-0.2, 0) is 6.54 Å². The van der Waals surface area contributed by atoms with Crippen LogP contribution >= 0.6 is 23.2 Å². The van der Waals surface area contributed by atoms with Gasteiger partial charge in [0.2, 0.25) is 5.88 Å². The minimum atomic E-state index is -0.362. The van der Waals surface area contributed by atoms with Crippen LogP contribution in [0.1, 0.15) is 31.2 Å². The number of ether oxygens (including phenoxy) is 1. The van der Waals surface area contributed by atoms with Crippen LogP contribution in [0, 0.1) is 0 Å². The third-order valence-corrected chi connectivity index (χ3v) is 4.54. The lowest BCUT2D eigenvalue weighted by molar-refractivity contribution is 0.289. The summed E-state index contributed by atoms with van der Waals surface area (Å²) in [5, 5.41) is 1.09. The lowest BCUT2D eigenvalue weighted by Crippen LogP contribution is -2.23. The van der Waals surface area contributed by atoms with Crippen molar-refractivity contribution >= 4 is 23.2 Å². The number of halogens is 2. The summed E-state index contributed by atoms with van der Waals surface area (Å²) in [6.45, 7) is 2.02. The first-order chi connectivity index (χ1) is 12.5. The molecule has 2 rings (SSSR count). The second-order valence-electron chi connectivity index (χ2n) is 6.48. The lowest BCUT2D eigenvalue weighted by atomic mass is 10.2. The summed E-state index contributed by atoms with van der Waals surface area (Å²) in [6, 6.07) is 6.92. The summed E-state index contributed by atoms with van der Waals surface area (Å²) in [5.41, 5.74) is 0.450. The van der Waals surface area contributed by atoms with E-state index in [0.29, 0.717) is 29.1 Å². The fourth-order valence-corrected chi connectivity index (χ4v) is 2.98. The SMILES string of the molecule is CN(C)CCCCCCOc1ccn(Cc2ccc(Cl)cc2Cl)c(=O)n1. The van der Waals surface area contributed by atoms with Gasteiger partial charge in [-0.1, -0.05) is 42.1 Å². The fourth-order valence-electron chi connectivity index (χ4n) is 2.51. The normalized spacial score (nSPS) is 11.1. The highest BCUT2D eigenvalue weighted by Crippen LogP contribution is 2.21. The van der Waals surface area contributed by atoms with E-state index in [9.17, 15) is 4.79 Å². The van der Waals surface area contributed by atoms with Gasteiger partial charge in [-0.2, -0.15) is 4.98 Å². The van der Waals surface area contributed by atoms with Crippen LogP contribution in [0.3, 0.4) is 0 Å². The Labute approximate surface area is 164 Å². The maximum atomic E-state index is 12.2. The Balaban J connectivity index is 1.81. The van der Waals surface area contributed by atoms with Crippen LogP contribution in [0.15, 0.2) is 35.3 Å². The molecule has 1 aromatic carbocycles. The first-order valence-electron chi connectivity index (χ1n) is 8.74. The van der Waals surface area contributed by atoms with Crippen molar-refractivity contribution in [1.82, 2.24) is 14.5 Å². The van der Waals surface area contributed by atoms with Crippen LogP contribution < -0.4 is 10.4 Å². The molecule has 0 aliphatic rings. The smallest absolute Gasteiger partial charge is 0.351 e. The average Bonchev–Trinajstić information content (AvgIpc) is 2.58. The second-order valence-corrected chi connectivity index (χ2v) is 7.32. The summed E-state index contributed by atoms with van der Waals surface area (Å²) < 4.78 is 7.07. The Morgan fingerprint density at radius 3 is 2.58 bits per heavy atom. The molecular weight excluding hydrogens is 373 g/mol. The van der Waals surface area contributed by atoms with Gasteiger partial charge in [-0.15, -0.1) is 0 Å². The highest BCUT2D eigenvalue weighted by molar-refractivity contribution is 6.35. The van der Waals surface area contributed by atoms with E-state index in [0.717, 1.165) is 24.9 Å². The van der Waals surface area contributed by atoms with E-state index in [-0.39, 0.29) is 5.69 Å². The zero-order chi connectivity index (χ0) is 18.9. The van der Waals surface area contributed by atoms with Gasteiger partial charge in [-0.25, -0.2) is 4.79 Å². The van der Waals surface area contributed by atoms with Crippen LogP contribution in [0.4, 0.5) is 0 Å². The zero-order valence-electron chi connectivity index (χ0n) is 15.3. The molecule has 7 heteroatoms. The summed E-state index contributed by atoms with van der Waals surface area (Å²) in [4.78, 5) is 18.3. The molecule has 5 nitrogen and oxygen atoms in total. The maximum absolute atomic E-state index is 12.2. The number of hydrogen-bond donors (Lipinski definition) is 0. The minimum Gasteiger partial charge on any atom is -0.478 e. The van der Waals surface area contributed by atoms with Crippen LogP contribution in [0.5, 0.6) is 5.88 Å². The molecule has 0 saturated heterocycles.